The molecule has 0 radical (unpaired) electrons. The van der Waals surface area contributed by atoms with Gasteiger partial charge in [-0.1, -0.05) is 26.7 Å². The quantitative estimate of drug-likeness (QED) is 0.778. The maximum atomic E-state index is 12.4. The van der Waals surface area contributed by atoms with Crippen LogP contribution in [0.15, 0.2) is 17.2 Å². The van der Waals surface area contributed by atoms with Crippen molar-refractivity contribution in [1.29, 1.82) is 0 Å². The Balaban J connectivity index is 2.14. The number of nitrogens with one attached hydrogen (secondary N) is 2. The molecule has 5 nitrogen and oxygen atoms in total. The first kappa shape index (κ1) is 15.5. The summed E-state index contributed by atoms with van der Waals surface area (Å²) in [7, 11) is -3.51. The highest BCUT2D eigenvalue weighted by Crippen LogP contribution is 2.31. The van der Waals surface area contributed by atoms with E-state index >= 15 is 0 Å². The lowest BCUT2D eigenvalue weighted by Crippen LogP contribution is -2.43. The first-order chi connectivity index (χ1) is 9.44. The molecule has 1 aromatic rings. The average molecular weight is 300 g/mol. The van der Waals surface area contributed by atoms with Gasteiger partial charge in [0.2, 0.25) is 10.0 Å². The van der Waals surface area contributed by atoms with Crippen LogP contribution in [0.4, 0.5) is 0 Å². The predicted octanol–water partition coefficient (Wildman–Crippen LogP) is 2.00. The van der Waals surface area contributed by atoms with Crippen LogP contribution < -0.4 is 4.72 Å². The highest BCUT2D eigenvalue weighted by molar-refractivity contribution is 7.89. The molecule has 3 N–H and O–H groups in total. The Morgan fingerprint density at radius 2 is 2.10 bits per heavy atom. The van der Waals surface area contributed by atoms with Gasteiger partial charge in [-0.15, -0.1) is 0 Å². The molecule has 2 unspecified atom stereocenters. The lowest BCUT2D eigenvalue weighted by atomic mass is 9.78. The van der Waals surface area contributed by atoms with Crippen LogP contribution in [0.3, 0.4) is 0 Å². The summed E-state index contributed by atoms with van der Waals surface area (Å²) in [6.07, 6.45) is 5.67. The molecule has 0 bridgehead atoms. The summed E-state index contributed by atoms with van der Waals surface area (Å²) in [6.45, 7) is 4.11. The number of aliphatic hydroxyl groups excluding tert-OH is 1. The van der Waals surface area contributed by atoms with E-state index in [-0.39, 0.29) is 17.5 Å². The molecule has 1 fully saturated rings. The number of aliphatic hydroxyl groups is 1. The molecule has 0 aromatic carbocycles. The molecular formula is C14H24N2O3S. The maximum absolute atomic E-state index is 12.4. The van der Waals surface area contributed by atoms with Crippen LogP contribution in [0.25, 0.3) is 0 Å². The van der Waals surface area contributed by atoms with Gasteiger partial charge in [0, 0.05) is 17.9 Å². The molecule has 0 amide bonds. The molecule has 0 spiro atoms. The number of aromatic amines is 1. The standard InChI is InChI=1S/C14H24N2O3S/c1-10(2)13-5-3-4-6-14(13)16-20(18,19)12-7-11(9-17)15-8-12/h7-8,10,13-17H,3-6,9H2,1-2H3. The van der Waals surface area contributed by atoms with Gasteiger partial charge in [0.15, 0.2) is 0 Å². The molecule has 6 heteroatoms. The molecule has 1 saturated carbocycles. The third-order valence-electron chi connectivity index (χ3n) is 4.18. The fourth-order valence-corrected chi connectivity index (χ4v) is 4.38. The van der Waals surface area contributed by atoms with Crippen molar-refractivity contribution in [2.24, 2.45) is 11.8 Å². The first-order valence-corrected chi connectivity index (χ1v) is 8.73. The zero-order valence-electron chi connectivity index (χ0n) is 12.1. The Bertz CT molecular complexity index is 536. The van der Waals surface area contributed by atoms with Crippen molar-refractivity contribution in [2.45, 2.75) is 57.1 Å². The number of hydrogen-bond donors (Lipinski definition) is 3. The number of rotatable bonds is 5. The minimum absolute atomic E-state index is 0.0150. The van der Waals surface area contributed by atoms with Crippen molar-refractivity contribution >= 4 is 10.0 Å². The molecule has 0 saturated heterocycles. The summed E-state index contributed by atoms with van der Waals surface area (Å²) in [5.41, 5.74) is 0.509. The molecule has 0 aliphatic heterocycles. The lowest BCUT2D eigenvalue weighted by Gasteiger charge is -2.34. The molecule has 2 atom stereocenters. The Labute approximate surface area is 120 Å². The van der Waals surface area contributed by atoms with Gasteiger partial charge in [-0.25, -0.2) is 13.1 Å². The van der Waals surface area contributed by atoms with Gasteiger partial charge in [-0.2, -0.15) is 0 Å². The normalized spacial score (nSPS) is 24.2. The monoisotopic (exact) mass is 300 g/mol. The Kier molecular flexibility index (Phi) is 4.88. The van der Waals surface area contributed by atoms with Crippen molar-refractivity contribution in [3.63, 3.8) is 0 Å². The van der Waals surface area contributed by atoms with E-state index in [1.807, 2.05) is 0 Å². The summed E-state index contributed by atoms with van der Waals surface area (Å²) < 4.78 is 27.6. The Morgan fingerprint density at radius 1 is 1.40 bits per heavy atom. The van der Waals surface area contributed by atoms with Crippen molar-refractivity contribution in [2.75, 3.05) is 0 Å². The van der Waals surface area contributed by atoms with Crippen LogP contribution in [0, 0.1) is 11.8 Å². The summed E-state index contributed by atoms with van der Waals surface area (Å²) in [6, 6.07) is 1.50. The highest BCUT2D eigenvalue weighted by atomic mass is 32.2. The molecule has 1 heterocycles. The van der Waals surface area contributed by atoms with E-state index in [4.69, 9.17) is 5.11 Å². The van der Waals surface area contributed by atoms with Crippen molar-refractivity contribution in [3.8, 4) is 0 Å². The molecular weight excluding hydrogens is 276 g/mol. The maximum Gasteiger partial charge on any atom is 0.242 e. The van der Waals surface area contributed by atoms with E-state index in [0.29, 0.717) is 17.5 Å². The van der Waals surface area contributed by atoms with Gasteiger partial charge in [-0.05, 0) is 30.7 Å². The summed E-state index contributed by atoms with van der Waals surface area (Å²) in [5.74, 6) is 0.872. The fraction of sp³-hybridized carbons (Fsp3) is 0.714. The van der Waals surface area contributed by atoms with Gasteiger partial charge in [0.25, 0.3) is 0 Å². The van der Waals surface area contributed by atoms with Crippen LogP contribution in [-0.2, 0) is 16.6 Å². The van der Waals surface area contributed by atoms with E-state index in [0.717, 1.165) is 19.3 Å². The number of sulfonamides is 1. The molecule has 1 aliphatic rings. The highest BCUT2D eigenvalue weighted by Gasteiger charge is 2.31. The van der Waals surface area contributed by atoms with Gasteiger partial charge < -0.3 is 10.1 Å². The van der Waals surface area contributed by atoms with Crippen LogP contribution in [0.1, 0.15) is 45.2 Å². The van der Waals surface area contributed by atoms with Crippen LogP contribution in [0.2, 0.25) is 0 Å². The minimum Gasteiger partial charge on any atom is -0.390 e. The predicted molar refractivity (Wildman–Crippen MR) is 77.6 cm³/mol. The molecule has 1 aliphatic carbocycles. The lowest BCUT2D eigenvalue weighted by molar-refractivity contribution is 0.226. The number of hydrogen-bond acceptors (Lipinski definition) is 3. The smallest absolute Gasteiger partial charge is 0.242 e. The number of aromatic nitrogens is 1. The van der Waals surface area contributed by atoms with E-state index < -0.39 is 10.0 Å². The second-order valence-corrected chi connectivity index (χ2v) is 7.65. The minimum atomic E-state index is -3.51. The third-order valence-corrected chi connectivity index (χ3v) is 5.65. The van der Waals surface area contributed by atoms with Gasteiger partial charge in [-0.3, -0.25) is 0 Å². The van der Waals surface area contributed by atoms with Crippen LogP contribution >= 0.6 is 0 Å². The molecule has 1 aromatic heterocycles. The zero-order valence-corrected chi connectivity index (χ0v) is 12.9. The van der Waals surface area contributed by atoms with Crippen LogP contribution in [-0.4, -0.2) is 24.6 Å². The van der Waals surface area contributed by atoms with E-state index in [1.165, 1.54) is 18.7 Å². The summed E-state index contributed by atoms with van der Waals surface area (Å²) in [5, 5.41) is 9.01. The number of H-pyrrole nitrogens is 1. The van der Waals surface area contributed by atoms with Crippen molar-refractivity contribution in [3.05, 3.63) is 18.0 Å². The van der Waals surface area contributed by atoms with Gasteiger partial charge in [0.1, 0.15) is 0 Å². The molecule has 20 heavy (non-hydrogen) atoms. The molecule has 2 rings (SSSR count). The SMILES string of the molecule is CC(C)C1CCCCC1NS(=O)(=O)c1c[nH]c(CO)c1. The van der Waals surface area contributed by atoms with E-state index in [2.05, 4.69) is 23.6 Å². The summed E-state index contributed by atoms with van der Waals surface area (Å²) in [4.78, 5) is 2.97. The van der Waals surface area contributed by atoms with Gasteiger partial charge in [0.05, 0.1) is 11.5 Å². The second-order valence-electron chi connectivity index (χ2n) is 5.94. The van der Waals surface area contributed by atoms with Crippen molar-refractivity contribution in [1.82, 2.24) is 9.71 Å². The first-order valence-electron chi connectivity index (χ1n) is 7.24. The van der Waals surface area contributed by atoms with E-state index in [1.54, 1.807) is 0 Å². The summed E-state index contributed by atoms with van der Waals surface area (Å²) >= 11 is 0. The Hall–Kier alpha value is -0.850. The zero-order chi connectivity index (χ0) is 14.8. The van der Waals surface area contributed by atoms with Crippen LogP contribution in [0.5, 0.6) is 0 Å². The largest absolute Gasteiger partial charge is 0.390 e. The third kappa shape index (κ3) is 3.42. The Morgan fingerprint density at radius 3 is 2.70 bits per heavy atom. The fourth-order valence-electron chi connectivity index (χ4n) is 3.04. The van der Waals surface area contributed by atoms with E-state index in [9.17, 15) is 8.42 Å². The molecule has 114 valence electrons. The van der Waals surface area contributed by atoms with Crippen molar-refractivity contribution < 1.29 is 13.5 Å². The topological polar surface area (TPSA) is 82.2 Å². The second kappa shape index (κ2) is 6.28. The average Bonchev–Trinajstić information content (AvgIpc) is 2.88. The van der Waals surface area contributed by atoms with Gasteiger partial charge >= 0.3 is 0 Å².